The number of carbonyl (C=O) groups excluding carboxylic acids is 3. The molecule has 1 aliphatic rings. The third kappa shape index (κ3) is 7.73. The molecule has 0 saturated carbocycles. The molecule has 178 valence electrons. The van der Waals surface area contributed by atoms with Gasteiger partial charge >= 0.3 is 19.5 Å². The van der Waals surface area contributed by atoms with Crippen LogP contribution in [0.3, 0.4) is 0 Å². The molecule has 0 spiro atoms. The average Bonchev–Trinajstić information content (AvgIpc) is 2.76. The van der Waals surface area contributed by atoms with Crippen LogP contribution in [0.25, 0.3) is 0 Å². The summed E-state index contributed by atoms with van der Waals surface area (Å²) in [6.45, 7) is 5.39. The van der Waals surface area contributed by atoms with Gasteiger partial charge in [0.25, 0.3) is 0 Å². The quantitative estimate of drug-likeness (QED) is 0.411. The predicted octanol–water partition coefficient (Wildman–Crippen LogP) is 2.72. The SMILES string of the molecule is COC(=O)CCNC(=O)[C@@H]1O[P@](=O)(C[C@@H](C)C(=O)OCCc2ccccc2)OCC1(C)C. The van der Waals surface area contributed by atoms with Gasteiger partial charge in [-0.15, -0.1) is 0 Å². The first-order chi connectivity index (χ1) is 15.1. The summed E-state index contributed by atoms with van der Waals surface area (Å²) in [5, 5.41) is 2.60. The van der Waals surface area contributed by atoms with Crippen LogP contribution in [-0.4, -0.2) is 57.0 Å². The summed E-state index contributed by atoms with van der Waals surface area (Å²) in [7, 11) is -2.45. The standard InChI is InChI=1S/C22H32NO8P/c1-16(21(26)29-13-11-17-8-6-5-7-9-17)14-32(27)30-15-22(2,3)19(31-32)20(25)23-12-10-18(24)28-4/h5-9,16,19H,10-15H2,1-4H3,(H,23,25)/t16-,19+,32+/m1/s1. The van der Waals surface area contributed by atoms with E-state index in [9.17, 15) is 18.9 Å². The molecule has 0 aliphatic carbocycles. The number of benzene rings is 1. The summed E-state index contributed by atoms with van der Waals surface area (Å²) in [6, 6.07) is 9.61. The molecule has 1 amide bonds. The topological polar surface area (TPSA) is 117 Å². The minimum atomic E-state index is -3.71. The van der Waals surface area contributed by atoms with E-state index in [1.165, 1.54) is 7.11 Å². The van der Waals surface area contributed by atoms with Gasteiger partial charge in [0.05, 0.1) is 38.8 Å². The minimum Gasteiger partial charge on any atom is -0.469 e. The van der Waals surface area contributed by atoms with Gasteiger partial charge < -0.3 is 19.3 Å². The molecule has 9 nitrogen and oxygen atoms in total. The van der Waals surface area contributed by atoms with Gasteiger partial charge in [0.1, 0.15) is 0 Å². The number of esters is 2. The molecule has 0 radical (unpaired) electrons. The molecule has 1 aromatic carbocycles. The molecule has 3 atom stereocenters. The normalized spacial score (nSPS) is 23.1. The number of amides is 1. The summed E-state index contributed by atoms with van der Waals surface area (Å²) in [5.41, 5.74) is 0.297. The first-order valence-electron chi connectivity index (χ1n) is 10.5. The van der Waals surface area contributed by atoms with E-state index in [0.717, 1.165) is 5.56 Å². The van der Waals surface area contributed by atoms with Crippen LogP contribution in [0.1, 0.15) is 32.8 Å². The van der Waals surface area contributed by atoms with Crippen LogP contribution >= 0.6 is 7.60 Å². The second-order valence-corrected chi connectivity index (χ2v) is 10.5. The number of ether oxygens (including phenoxy) is 2. The number of nitrogens with one attached hydrogen (secondary N) is 1. The van der Waals surface area contributed by atoms with Crippen LogP contribution in [0.5, 0.6) is 0 Å². The second kappa shape index (κ2) is 11.6. The highest BCUT2D eigenvalue weighted by molar-refractivity contribution is 7.54. The second-order valence-electron chi connectivity index (χ2n) is 8.46. The lowest BCUT2D eigenvalue weighted by Crippen LogP contribution is -2.50. The summed E-state index contributed by atoms with van der Waals surface area (Å²) < 4.78 is 34.1. The Morgan fingerprint density at radius 2 is 1.94 bits per heavy atom. The molecular weight excluding hydrogens is 437 g/mol. The molecule has 1 fully saturated rings. The Labute approximate surface area is 188 Å². The molecular formula is C22H32NO8P. The molecule has 1 N–H and O–H groups in total. The van der Waals surface area contributed by atoms with Crippen molar-refractivity contribution < 1.29 is 37.5 Å². The molecule has 1 heterocycles. The number of hydrogen-bond donors (Lipinski definition) is 1. The highest BCUT2D eigenvalue weighted by Crippen LogP contribution is 2.57. The molecule has 1 saturated heterocycles. The smallest absolute Gasteiger partial charge is 0.332 e. The largest absolute Gasteiger partial charge is 0.469 e. The summed E-state index contributed by atoms with van der Waals surface area (Å²) in [5.74, 6) is -2.20. The Morgan fingerprint density at radius 3 is 2.59 bits per heavy atom. The van der Waals surface area contributed by atoms with E-state index in [2.05, 4.69) is 10.1 Å². The van der Waals surface area contributed by atoms with Crippen molar-refractivity contribution in [2.75, 3.05) is 33.0 Å². The summed E-state index contributed by atoms with van der Waals surface area (Å²) >= 11 is 0. The van der Waals surface area contributed by atoms with Gasteiger partial charge in [-0.1, -0.05) is 51.1 Å². The average molecular weight is 469 g/mol. The van der Waals surface area contributed by atoms with E-state index in [4.69, 9.17) is 13.8 Å². The Hall–Kier alpha value is -2.22. The fourth-order valence-corrected chi connectivity index (χ4v) is 5.43. The van der Waals surface area contributed by atoms with E-state index >= 15 is 0 Å². The zero-order valence-corrected chi connectivity index (χ0v) is 19.9. The van der Waals surface area contributed by atoms with Crippen molar-refractivity contribution in [3.63, 3.8) is 0 Å². The van der Waals surface area contributed by atoms with Crippen LogP contribution in [0.2, 0.25) is 0 Å². The zero-order chi connectivity index (χ0) is 23.8. The summed E-state index contributed by atoms with van der Waals surface area (Å²) in [6.07, 6.45) is -0.665. The van der Waals surface area contributed by atoms with Gasteiger partial charge in [-0.2, -0.15) is 0 Å². The van der Waals surface area contributed by atoms with Crippen LogP contribution < -0.4 is 5.32 Å². The van der Waals surface area contributed by atoms with Gasteiger partial charge in [0, 0.05) is 18.4 Å². The maximum Gasteiger partial charge on any atom is 0.332 e. The molecule has 32 heavy (non-hydrogen) atoms. The maximum atomic E-state index is 13.2. The molecule has 0 aromatic heterocycles. The highest BCUT2D eigenvalue weighted by atomic mass is 31.2. The zero-order valence-electron chi connectivity index (χ0n) is 19.0. The Kier molecular flexibility index (Phi) is 9.43. The fourth-order valence-electron chi connectivity index (χ4n) is 3.12. The van der Waals surface area contributed by atoms with Crippen LogP contribution in [0, 0.1) is 11.3 Å². The lowest BCUT2D eigenvalue weighted by molar-refractivity contribution is -0.147. The van der Waals surface area contributed by atoms with E-state index in [1.807, 2.05) is 30.3 Å². The van der Waals surface area contributed by atoms with Gasteiger partial charge in [-0.25, -0.2) is 0 Å². The minimum absolute atomic E-state index is 0.00933. The Balaban J connectivity index is 1.89. The van der Waals surface area contributed by atoms with E-state index < -0.39 is 42.9 Å². The molecule has 1 aromatic rings. The van der Waals surface area contributed by atoms with Crippen LogP contribution in [-0.2, 0) is 43.9 Å². The highest BCUT2D eigenvalue weighted by Gasteiger charge is 2.48. The lowest BCUT2D eigenvalue weighted by Gasteiger charge is -2.40. The molecule has 0 unspecified atom stereocenters. The molecule has 1 aliphatic heterocycles. The van der Waals surface area contributed by atoms with E-state index in [1.54, 1.807) is 20.8 Å². The number of rotatable bonds is 10. The van der Waals surface area contributed by atoms with Crippen molar-refractivity contribution in [1.82, 2.24) is 5.32 Å². The molecule has 2 rings (SSSR count). The van der Waals surface area contributed by atoms with Crippen molar-refractivity contribution in [1.29, 1.82) is 0 Å². The Bertz CT molecular complexity index is 842. The van der Waals surface area contributed by atoms with Crippen LogP contribution in [0.4, 0.5) is 0 Å². The molecule has 10 heteroatoms. The number of methoxy groups -OCH3 is 1. The Morgan fingerprint density at radius 1 is 1.25 bits per heavy atom. The van der Waals surface area contributed by atoms with E-state index in [-0.39, 0.29) is 32.3 Å². The number of carbonyl (C=O) groups is 3. The summed E-state index contributed by atoms with van der Waals surface area (Å²) in [4.78, 5) is 36.2. The van der Waals surface area contributed by atoms with Gasteiger partial charge in [-0.05, 0) is 5.56 Å². The van der Waals surface area contributed by atoms with Crippen molar-refractivity contribution >= 4 is 25.4 Å². The first-order valence-corrected chi connectivity index (χ1v) is 12.3. The third-order valence-electron chi connectivity index (χ3n) is 5.08. The third-order valence-corrected chi connectivity index (χ3v) is 7.13. The van der Waals surface area contributed by atoms with Crippen molar-refractivity contribution in [2.45, 2.75) is 39.7 Å². The predicted molar refractivity (Wildman–Crippen MR) is 117 cm³/mol. The number of hydrogen-bond acceptors (Lipinski definition) is 8. The lowest BCUT2D eigenvalue weighted by atomic mass is 9.87. The maximum absolute atomic E-state index is 13.2. The van der Waals surface area contributed by atoms with E-state index in [0.29, 0.717) is 6.42 Å². The van der Waals surface area contributed by atoms with Crippen LogP contribution in [0.15, 0.2) is 30.3 Å². The van der Waals surface area contributed by atoms with Crippen molar-refractivity contribution in [3.05, 3.63) is 35.9 Å². The molecule has 0 bridgehead atoms. The first kappa shape index (κ1) is 26.0. The van der Waals surface area contributed by atoms with Crippen molar-refractivity contribution in [2.24, 2.45) is 11.3 Å². The van der Waals surface area contributed by atoms with Gasteiger partial charge in [0.2, 0.25) is 5.91 Å². The van der Waals surface area contributed by atoms with Gasteiger partial charge in [-0.3, -0.25) is 23.5 Å². The van der Waals surface area contributed by atoms with Crippen molar-refractivity contribution in [3.8, 4) is 0 Å². The van der Waals surface area contributed by atoms with Gasteiger partial charge in [0.15, 0.2) is 6.10 Å². The monoisotopic (exact) mass is 469 g/mol. The fraction of sp³-hybridized carbons (Fsp3) is 0.591.